The summed E-state index contributed by atoms with van der Waals surface area (Å²) in [6.45, 7) is 0. The number of hydrogen-bond donors (Lipinski definition) is 0. The fraction of sp³-hybridized carbons (Fsp3) is 0. The van der Waals surface area contributed by atoms with E-state index in [1.54, 1.807) is 12.1 Å². The number of aromatic nitrogens is 2. The van der Waals surface area contributed by atoms with Crippen molar-refractivity contribution in [3.63, 3.8) is 0 Å². The van der Waals surface area contributed by atoms with Gasteiger partial charge in [0, 0.05) is 0 Å². The van der Waals surface area contributed by atoms with Gasteiger partial charge in [-0.05, 0) is 28.1 Å². The molecule has 0 radical (unpaired) electrons. The lowest BCUT2D eigenvalue weighted by Gasteiger charge is -1.99. The van der Waals surface area contributed by atoms with Crippen LogP contribution in [0.4, 0.5) is 4.39 Å². The number of halogens is 4. The van der Waals surface area contributed by atoms with Crippen molar-refractivity contribution in [1.29, 1.82) is 0 Å². The molecule has 0 fully saturated rings. The van der Waals surface area contributed by atoms with E-state index in [2.05, 4.69) is 25.9 Å². The summed E-state index contributed by atoms with van der Waals surface area (Å²) in [6, 6.07) is 3.27. The lowest BCUT2D eigenvalue weighted by molar-refractivity contribution is 0.549. The van der Waals surface area contributed by atoms with Crippen LogP contribution in [0.15, 0.2) is 21.2 Å². The molecule has 0 saturated carbocycles. The third kappa shape index (κ3) is 2.14. The van der Waals surface area contributed by atoms with Gasteiger partial charge < -0.3 is 4.42 Å². The third-order valence-electron chi connectivity index (χ3n) is 1.56. The van der Waals surface area contributed by atoms with Gasteiger partial charge in [0.05, 0.1) is 0 Å². The minimum absolute atomic E-state index is 0.136. The SMILES string of the molecule is Fc1c(Cl)nc(-c2ccc(Br)o2)nc1Cl. The molecule has 2 aromatic rings. The maximum atomic E-state index is 13.0. The largest absolute Gasteiger partial charge is 0.446 e. The van der Waals surface area contributed by atoms with E-state index in [9.17, 15) is 4.39 Å². The van der Waals surface area contributed by atoms with Gasteiger partial charge in [-0.1, -0.05) is 23.2 Å². The predicted octanol–water partition coefficient (Wildman–Crippen LogP) is 3.95. The van der Waals surface area contributed by atoms with Crippen LogP contribution in [0.25, 0.3) is 11.6 Å². The normalized spacial score (nSPS) is 10.7. The topological polar surface area (TPSA) is 38.9 Å². The van der Waals surface area contributed by atoms with Crippen molar-refractivity contribution in [2.75, 3.05) is 0 Å². The van der Waals surface area contributed by atoms with Gasteiger partial charge in [-0.25, -0.2) is 14.4 Å². The van der Waals surface area contributed by atoms with Crippen LogP contribution >= 0.6 is 39.1 Å². The molecule has 0 aliphatic heterocycles. The second kappa shape index (κ2) is 4.08. The Kier molecular flexibility index (Phi) is 2.95. The first-order valence-electron chi connectivity index (χ1n) is 3.72. The molecular weight excluding hydrogens is 310 g/mol. The van der Waals surface area contributed by atoms with Crippen LogP contribution in [0.2, 0.25) is 10.3 Å². The minimum atomic E-state index is -0.840. The molecule has 78 valence electrons. The van der Waals surface area contributed by atoms with Crippen LogP contribution in [-0.4, -0.2) is 9.97 Å². The molecule has 0 aliphatic carbocycles. The smallest absolute Gasteiger partial charge is 0.198 e. The second-order valence-electron chi connectivity index (χ2n) is 2.55. The molecule has 2 aromatic heterocycles. The Morgan fingerprint density at radius 3 is 2.27 bits per heavy atom. The average molecular weight is 312 g/mol. The van der Waals surface area contributed by atoms with Crippen LogP contribution in [0.3, 0.4) is 0 Å². The van der Waals surface area contributed by atoms with E-state index in [1.807, 2.05) is 0 Å². The van der Waals surface area contributed by atoms with E-state index >= 15 is 0 Å². The fourth-order valence-electron chi connectivity index (χ4n) is 0.939. The maximum Gasteiger partial charge on any atom is 0.198 e. The quantitative estimate of drug-likeness (QED) is 0.749. The van der Waals surface area contributed by atoms with Crippen molar-refractivity contribution in [1.82, 2.24) is 9.97 Å². The Morgan fingerprint density at radius 2 is 1.80 bits per heavy atom. The second-order valence-corrected chi connectivity index (χ2v) is 4.04. The van der Waals surface area contributed by atoms with Crippen molar-refractivity contribution >= 4 is 39.1 Å². The lowest BCUT2D eigenvalue weighted by atomic mass is 10.4. The summed E-state index contributed by atoms with van der Waals surface area (Å²) in [7, 11) is 0. The van der Waals surface area contributed by atoms with Gasteiger partial charge in [0.25, 0.3) is 0 Å². The highest BCUT2D eigenvalue weighted by molar-refractivity contribution is 9.10. The van der Waals surface area contributed by atoms with Gasteiger partial charge in [0.15, 0.2) is 32.4 Å². The number of hydrogen-bond acceptors (Lipinski definition) is 3. The molecule has 7 heteroatoms. The molecule has 0 amide bonds. The van der Waals surface area contributed by atoms with Crippen molar-refractivity contribution in [3.05, 3.63) is 32.9 Å². The first kappa shape index (κ1) is 10.9. The molecular formula is C8H2BrCl2FN2O. The van der Waals surface area contributed by atoms with Gasteiger partial charge in [-0.15, -0.1) is 0 Å². The molecule has 0 aliphatic rings. The van der Waals surface area contributed by atoms with Crippen LogP contribution in [0.1, 0.15) is 0 Å². The van der Waals surface area contributed by atoms with Crippen molar-refractivity contribution in [2.45, 2.75) is 0 Å². The number of rotatable bonds is 1. The Bertz CT molecular complexity index is 494. The van der Waals surface area contributed by atoms with Crippen molar-refractivity contribution in [2.24, 2.45) is 0 Å². The Morgan fingerprint density at radius 1 is 1.20 bits per heavy atom. The third-order valence-corrected chi connectivity index (χ3v) is 2.49. The van der Waals surface area contributed by atoms with Crippen LogP contribution in [-0.2, 0) is 0 Å². The van der Waals surface area contributed by atoms with Gasteiger partial charge in [0.1, 0.15) is 0 Å². The molecule has 0 spiro atoms. The van der Waals surface area contributed by atoms with E-state index in [0.29, 0.717) is 10.4 Å². The van der Waals surface area contributed by atoms with Gasteiger partial charge in [0.2, 0.25) is 0 Å². The molecule has 2 heterocycles. The summed E-state index contributed by atoms with van der Waals surface area (Å²) in [5.74, 6) is -0.351. The molecule has 2 rings (SSSR count). The van der Waals surface area contributed by atoms with E-state index in [1.165, 1.54) is 0 Å². The van der Waals surface area contributed by atoms with Crippen LogP contribution in [0.5, 0.6) is 0 Å². The Hall–Kier alpha value is -0.650. The monoisotopic (exact) mass is 310 g/mol. The standard InChI is InChI=1S/C8H2BrCl2FN2O/c9-4-2-1-3(15-4)8-13-6(10)5(12)7(11)14-8/h1-2H. The summed E-state index contributed by atoms with van der Waals surface area (Å²) < 4.78 is 18.7. The van der Waals surface area contributed by atoms with E-state index in [-0.39, 0.29) is 16.1 Å². The Labute approximate surface area is 102 Å². The Balaban J connectivity index is 2.55. The minimum Gasteiger partial charge on any atom is -0.446 e. The first-order chi connectivity index (χ1) is 7.08. The maximum absolute atomic E-state index is 13.0. The summed E-state index contributed by atoms with van der Waals surface area (Å²) >= 11 is 14.1. The molecule has 0 N–H and O–H groups in total. The highest BCUT2D eigenvalue weighted by Gasteiger charge is 2.14. The van der Waals surface area contributed by atoms with E-state index in [0.717, 1.165) is 0 Å². The van der Waals surface area contributed by atoms with Crippen LogP contribution < -0.4 is 0 Å². The molecule has 15 heavy (non-hydrogen) atoms. The highest BCUT2D eigenvalue weighted by Crippen LogP contribution is 2.26. The highest BCUT2D eigenvalue weighted by atomic mass is 79.9. The first-order valence-corrected chi connectivity index (χ1v) is 5.27. The summed E-state index contributed by atoms with van der Waals surface area (Å²) in [5, 5.41) is -0.671. The number of furan rings is 1. The number of nitrogens with zero attached hydrogens (tertiary/aromatic N) is 2. The molecule has 0 aromatic carbocycles. The summed E-state index contributed by atoms with van der Waals surface area (Å²) in [6.07, 6.45) is 0. The molecule has 3 nitrogen and oxygen atoms in total. The lowest BCUT2D eigenvalue weighted by Crippen LogP contribution is -1.93. The zero-order chi connectivity index (χ0) is 11.0. The van der Waals surface area contributed by atoms with Crippen molar-refractivity contribution < 1.29 is 8.81 Å². The van der Waals surface area contributed by atoms with Crippen molar-refractivity contribution in [3.8, 4) is 11.6 Å². The van der Waals surface area contributed by atoms with E-state index < -0.39 is 5.82 Å². The molecule has 0 saturated heterocycles. The molecule has 0 unspecified atom stereocenters. The fourth-order valence-corrected chi connectivity index (χ4v) is 1.63. The predicted molar refractivity (Wildman–Crippen MR) is 57.4 cm³/mol. The zero-order valence-electron chi connectivity index (χ0n) is 6.97. The summed E-state index contributed by atoms with van der Waals surface area (Å²) in [4.78, 5) is 7.39. The molecule has 0 atom stereocenters. The van der Waals surface area contributed by atoms with Gasteiger partial charge in [-0.2, -0.15) is 0 Å². The average Bonchev–Trinajstić information content (AvgIpc) is 2.60. The molecule has 0 bridgehead atoms. The van der Waals surface area contributed by atoms with Gasteiger partial charge >= 0.3 is 0 Å². The zero-order valence-corrected chi connectivity index (χ0v) is 10.1. The van der Waals surface area contributed by atoms with Crippen LogP contribution in [0, 0.1) is 5.82 Å². The summed E-state index contributed by atoms with van der Waals surface area (Å²) in [5.41, 5.74) is 0. The van der Waals surface area contributed by atoms with E-state index in [4.69, 9.17) is 27.6 Å². The van der Waals surface area contributed by atoms with Gasteiger partial charge in [-0.3, -0.25) is 0 Å².